The molecule has 4 heteroatoms. The van der Waals surface area contributed by atoms with Gasteiger partial charge in [0.25, 0.3) is 0 Å². The largest absolute Gasteiger partial charge is 0.373 e. The van der Waals surface area contributed by atoms with Crippen LogP contribution in [0.1, 0.15) is 29.9 Å². The maximum atomic E-state index is 11.6. The number of carbonyl (C=O) groups excluding carboxylic acids is 1. The van der Waals surface area contributed by atoms with Crippen LogP contribution in [0.25, 0.3) is 0 Å². The van der Waals surface area contributed by atoms with Crippen LogP contribution in [0.15, 0.2) is 15.9 Å². The molecule has 0 aromatic carbocycles. The fourth-order valence-corrected chi connectivity index (χ4v) is 2.33. The third-order valence-electron chi connectivity index (χ3n) is 1.92. The molecule has 0 fully saturated rings. The molecule has 15 heavy (non-hydrogen) atoms. The van der Waals surface area contributed by atoms with E-state index in [4.69, 9.17) is 4.74 Å². The second kappa shape index (κ2) is 6.40. The molecule has 0 N–H and O–H groups in total. The Morgan fingerprint density at radius 1 is 1.53 bits per heavy atom. The fourth-order valence-electron chi connectivity index (χ4n) is 1.02. The molecule has 0 aliphatic carbocycles. The van der Waals surface area contributed by atoms with Gasteiger partial charge in [-0.05, 0) is 40.4 Å². The maximum Gasteiger partial charge on any atom is 0.198 e. The van der Waals surface area contributed by atoms with Gasteiger partial charge in [0.1, 0.15) is 6.61 Å². The number of carbonyl (C=O) groups is 1. The van der Waals surface area contributed by atoms with E-state index in [1.807, 2.05) is 12.1 Å². The molecule has 0 saturated heterocycles. The Labute approximate surface area is 103 Å². The van der Waals surface area contributed by atoms with Crippen molar-refractivity contribution >= 4 is 33.0 Å². The first-order chi connectivity index (χ1) is 7.09. The highest BCUT2D eigenvalue weighted by molar-refractivity contribution is 9.11. The molecule has 1 aromatic rings. The molecular formula is C11H15BrO2S. The standard InChI is InChI=1S/C11H15BrO2S/c1-8(2)5-6-14-7-9(13)10-3-4-11(12)15-10/h3-4,8H,5-7H2,1-2H3. The Kier molecular flexibility index (Phi) is 5.50. The molecule has 0 radical (unpaired) electrons. The van der Waals surface area contributed by atoms with Gasteiger partial charge in [-0.15, -0.1) is 11.3 Å². The van der Waals surface area contributed by atoms with Crippen molar-refractivity contribution in [1.29, 1.82) is 0 Å². The molecule has 0 unspecified atom stereocenters. The number of halogens is 1. The van der Waals surface area contributed by atoms with Crippen LogP contribution in [-0.2, 0) is 4.74 Å². The smallest absolute Gasteiger partial charge is 0.198 e. The van der Waals surface area contributed by atoms with Crippen LogP contribution in [0.4, 0.5) is 0 Å². The molecule has 0 atom stereocenters. The lowest BCUT2D eigenvalue weighted by molar-refractivity contribution is 0.0743. The summed E-state index contributed by atoms with van der Waals surface area (Å²) in [6, 6.07) is 3.70. The summed E-state index contributed by atoms with van der Waals surface area (Å²) in [6.45, 7) is 5.14. The minimum atomic E-state index is 0.0643. The summed E-state index contributed by atoms with van der Waals surface area (Å²) >= 11 is 4.77. The van der Waals surface area contributed by atoms with E-state index in [0.717, 1.165) is 15.1 Å². The van der Waals surface area contributed by atoms with E-state index in [9.17, 15) is 4.79 Å². The van der Waals surface area contributed by atoms with Gasteiger partial charge >= 0.3 is 0 Å². The van der Waals surface area contributed by atoms with Gasteiger partial charge in [0.05, 0.1) is 8.66 Å². The average Bonchev–Trinajstić information content (AvgIpc) is 2.59. The lowest BCUT2D eigenvalue weighted by atomic mass is 10.1. The molecule has 84 valence electrons. The first-order valence-electron chi connectivity index (χ1n) is 4.96. The van der Waals surface area contributed by atoms with Gasteiger partial charge in [-0.3, -0.25) is 4.79 Å². The molecule has 1 aromatic heterocycles. The quantitative estimate of drug-likeness (QED) is 0.589. The third-order valence-corrected chi connectivity index (χ3v) is 3.59. The molecule has 2 nitrogen and oxygen atoms in total. The van der Waals surface area contributed by atoms with Crippen LogP contribution in [0.5, 0.6) is 0 Å². The number of rotatable bonds is 6. The van der Waals surface area contributed by atoms with E-state index in [1.165, 1.54) is 11.3 Å². The van der Waals surface area contributed by atoms with Gasteiger partial charge in [0.15, 0.2) is 5.78 Å². The topological polar surface area (TPSA) is 26.3 Å². The van der Waals surface area contributed by atoms with Crippen molar-refractivity contribution in [3.8, 4) is 0 Å². The highest BCUT2D eigenvalue weighted by Crippen LogP contribution is 2.22. The van der Waals surface area contributed by atoms with Crippen molar-refractivity contribution in [2.45, 2.75) is 20.3 Å². The second-order valence-electron chi connectivity index (χ2n) is 3.76. The summed E-state index contributed by atoms with van der Waals surface area (Å²) in [6.07, 6.45) is 1.00. The van der Waals surface area contributed by atoms with Gasteiger partial charge in [0.2, 0.25) is 0 Å². The number of ether oxygens (including phenoxy) is 1. The van der Waals surface area contributed by atoms with Gasteiger partial charge in [0, 0.05) is 6.61 Å². The summed E-state index contributed by atoms with van der Waals surface area (Å²) in [5.74, 6) is 0.686. The van der Waals surface area contributed by atoms with Gasteiger partial charge in [-0.2, -0.15) is 0 Å². The van der Waals surface area contributed by atoms with Gasteiger partial charge in [-0.1, -0.05) is 13.8 Å². The number of thiophene rings is 1. The number of hydrogen-bond donors (Lipinski definition) is 0. The summed E-state index contributed by atoms with van der Waals surface area (Å²) in [5, 5.41) is 0. The van der Waals surface area contributed by atoms with Crippen molar-refractivity contribution < 1.29 is 9.53 Å². The summed E-state index contributed by atoms with van der Waals surface area (Å²) in [4.78, 5) is 12.3. The monoisotopic (exact) mass is 290 g/mol. The van der Waals surface area contributed by atoms with E-state index in [1.54, 1.807) is 0 Å². The molecule has 0 aliphatic rings. The van der Waals surface area contributed by atoms with Crippen LogP contribution in [-0.4, -0.2) is 19.0 Å². The number of Topliss-reactive ketones (excluding diaryl/α,β-unsaturated/α-hetero) is 1. The zero-order valence-electron chi connectivity index (χ0n) is 8.96. The molecule has 0 aliphatic heterocycles. The Morgan fingerprint density at radius 3 is 2.80 bits per heavy atom. The van der Waals surface area contributed by atoms with Crippen LogP contribution in [0, 0.1) is 5.92 Å². The minimum absolute atomic E-state index is 0.0643. The highest BCUT2D eigenvalue weighted by atomic mass is 79.9. The first-order valence-corrected chi connectivity index (χ1v) is 6.57. The molecule has 0 bridgehead atoms. The predicted octanol–water partition coefficient (Wildman–Crippen LogP) is 3.76. The summed E-state index contributed by atoms with van der Waals surface area (Å²) in [7, 11) is 0. The first kappa shape index (κ1) is 12.9. The Bertz CT molecular complexity index is 320. The van der Waals surface area contributed by atoms with Crippen molar-refractivity contribution in [1.82, 2.24) is 0 Å². The Balaban J connectivity index is 2.25. The zero-order valence-corrected chi connectivity index (χ0v) is 11.4. The molecule has 1 rings (SSSR count). The third kappa shape index (κ3) is 4.91. The maximum absolute atomic E-state index is 11.6. The zero-order chi connectivity index (χ0) is 11.3. The van der Waals surface area contributed by atoms with E-state index in [-0.39, 0.29) is 12.4 Å². The van der Waals surface area contributed by atoms with Crippen LogP contribution < -0.4 is 0 Å². The lowest BCUT2D eigenvalue weighted by Gasteiger charge is -2.04. The van der Waals surface area contributed by atoms with Crippen molar-refractivity contribution in [2.24, 2.45) is 5.92 Å². The molecule has 0 amide bonds. The average molecular weight is 291 g/mol. The molecule has 0 saturated carbocycles. The van der Waals surface area contributed by atoms with Gasteiger partial charge in [-0.25, -0.2) is 0 Å². The van der Waals surface area contributed by atoms with E-state index in [2.05, 4.69) is 29.8 Å². The van der Waals surface area contributed by atoms with Crippen LogP contribution >= 0.6 is 27.3 Å². The van der Waals surface area contributed by atoms with E-state index >= 15 is 0 Å². The number of ketones is 1. The Morgan fingerprint density at radius 2 is 2.27 bits per heavy atom. The van der Waals surface area contributed by atoms with E-state index < -0.39 is 0 Å². The van der Waals surface area contributed by atoms with Crippen molar-refractivity contribution in [2.75, 3.05) is 13.2 Å². The summed E-state index contributed by atoms with van der Waals surface area (Å²) < 4.78 is 6.29. The molecule has 0 spiro atoms. The summed E-state index contributed by atoms with van der Waals surface area (Å²) in [5.41, 5.74) is 0. The lowest BCUT2D eigenvalue weighted by Crippen LogP contribution is -2.09. The normalized spacial score (nSPS) is 10.9. The SMILES string of the molecule is CC(C)CCOCC(=O)c1ccc(Br)s1. The van der Waals surface area contributed by atoms with E-state index in [0.29, 0.717) is 12.5 Å². The van der Waals surface area contributed by atoms with Gasteiger partial charge < -0.3 is 4.74 Å². The van der Waals surface area contributed by atoms with Crippen LogP contribution in [0.2, 0.25) is 0 Å². The number of hydrogen-bond acceptors (Lipinski definition) is 3. The molecule has 1 heterocycles. The van der Waals surface area contributed by atoms with Crippen molar-refractivity contribution in [3.05, 3.63) is 20.8 Å². The minimum Gasteiger partial charge on any atom is -0.373 e. The highest BCUT2D eigenvalue weighted by Gasteiger charge is 2.08. The predicted molar refractivity (Wildman–Crippen MR) is 66.6 cm³/mol. The Hall–Kier alpha value is -0.190. The fraction of sp³-hybridized carbons (Fsp3) is 0.545. The second-order valence-corrected chi connectivity index (χ2v) is 6.23. The molecular weight excluding hydrogens is 276 g/mol. The van der Waals surface area contributed by atoms with Crippen LogP contribution in [0.3, 0.4) is 0 Å². The van der Waals surface area contributed by atoms with Crippen molar-refractivity contribution in [3.63, 3.8) is 0 Å².